The average molecular weight is 357 g/mol. The van der Waals surface area contributed by atoms with E-state index in [9.17, 15) is 9.59 Å². The smallest absolute Gasteiger partial charge is 0.329 e. The van der Waals surface area contributed by atoms with Crippen LogP contribution in [0, 0.1) is 12.3 Å². The SMILES string of the molecule is Cc1c(COC(=O)C2CCCN2C(=O)CC(C)(C)C)oc2ccccc12. The van der Waals surface area contributed by atoms with E-state index < -0.39 is 6.04 Å². The highest BCUT2D eigenvalue weighted by Gasteiger charge is 2.36. The molecule has 1 aliphatic heterocycles. The molecule has 1 aromatic heterocycles. The summed E-state index contributed by atoms with van der Waals surface area (Å²) in [5.74, 6) is 0.339. The van der Waals surface area contributed by atoms with Crippen molar-refractivity contribution < 1.29 is 18.7 Å². The number of rotatable bonds is 4. The number of para-hydroxylation sites is 1. The molecule has 0 bridgehead atoms. The molecule has 1 fully saturated rings. The minimum Gasteiger partial charge on any atom is -0.457 e. The third-order valence-corrected chi connectivity index (χ3v) is 4.81. The number of benzene rings is 1. The molecule has 5 heteroatoms. The number of aryl methyl sites for hydroxylation is 1. The fourth-order valence-electron chi connectivity index (χ4n) is 3.46. The van der Waals surface area contributed by atoms with Crippen molar-refractivity contribution in [2.24, 2.45) is 5.41 Å². The number of fused-ring (bicyclic) bond motifs is 1. The van der Waals surface area contributed by atoms with Gasteiger partial charge in [-0.05, 0) is 31.2 Å². The van der Waals surface area contributed by atoms with E-state index in [0.29, 0.717) is 25.1 Å². The van der Waals surface area contributed by atoms with E-state index in [2.05, 4.69) is 0 Å². The summed E-state index contributed by atoms with van der Waals surface area (Å²) >= 11 is 0. The second-order valence-corrected chi connectivity index (χ2v) is 8.24. The molecule has 0 N–H and O–H groups in total. The summed E-state index contributed by atoms with van der Waals surface area (Å²) in [4.78, 5) is 26.8. The van der Waals surface area contributed by atoms with Crippen molar-refractivity contribution in [3.8, 4) is 0 Å². The first-order chi connectivity index (χ1) is 12.3. The maximum Gasteiger partial charge on any atom is 0.329 e. The molecular weight excluding hydrogens is 330 g/mol. The molecule has 1 atom stereocenters. The standard InChI is InChI=1S/C21H27NO4/c1-14-15-8-5-6-10-17(15)26-18(14)13-25-20(24)16-9-7-11-22(16)19(23)12-21(2,3)4/h5-6,8,10,16H,7,9,11-13H2,1-4H3. The van der Waals surface area contributed by atoms with Crippen molar-refractivity contribution in [2.75, 3.05) is 6.54 Å². The number of esters is 1. The lowest BCUT2D eigenvalue weighted by Gasteiger charge is -2.27. The molecule has 3 rings (SSSR count). The number of carbonyl (C=O) groups excluding carboxylic acids is 2. The second-order valence-electron chi connectivity index (χ2n) is 8.24. The highest BCUT2D eigenvalue weighted by atomic mass is 16.5. The van der Waals surface area contributed by atoms with Crippen LogP contribution >= 0.6 is 0 Å². The summed E-state index contributed by atoms with van der Waals surface area (Å²) in [5, 5.41) is 1.03. The van der Waals surface area contributed by atoms with Gasteiger partial charge in [-0.15, -0.1) is 0 Å². The maximum absolute atomic E-state index is 12.6. The molecule has 140 valence electrons. The van der Waals surface area contributed by atoms with Gasteiger partial charge in [-0.25, -0.2) is 4.79 Å². The van der Waals surface area contributed by atoms with E-state index in [1.165, 1.54) is 0 Å². The molecule has 0 aliphatic carbocycles. The Balaban J connectivity index is 1.65. The summed E-state index contributed by atoms with van der Waals surface area (Å²) in [5.41, 5.74) is 1.68. The van der Waals surface area contributed by atoms with E-state index >= 15 is 0 Å². The van der Waals surface area contributed by atoms with Crippen LogP contribution in [0.1, 0.15) is 51.4 Å². The highest BCUT2D eigenvalue weighted by molar-refractivity contribution is 5.85. The van der Waals surface area contributed by atoms with Crippen LogP contribution in [0.2, 0.25) is 0 Å². The zero-order valence-electron chi connectivity index (χ0n) is 16.0. The molecule has 1 saturated heterocycles. The number of nitrogens with zero attached hydrogens (tertiary/aromatic N) is 1. The van der Waals surface area contributed by atoms with Crippen LogP contribution in [-0.2, 0) is 20.9 Å². The monoisotopic (exact) mass is 357 g/mol. The molecule has 2 aromatic rings. The lowest BCUT2D eigenvalue weighted by Crippen LogP contribution is -2.42. The van der Waals surface area contributed by atoms with Gasteiger partial charge in [0.15, 0.2) is 0 Å². The van der Waals surface area contributed by atoms with Gasteiger partial charge < -0.3 is 14.1 Å². The predicted octanol–water partition coefficient (Wildman–Crippen LogP) is 4.21. The van der Waals surface area contributed by atoms with Gasteiger partial charge >= 0.3 is 5.97 Å². The van der Waals surface area contributed by atoms with E-state index in [4.69, 9.17) is 9.15 Å². The molecule has 1 amide bonds. The predicted molar refractivity (Wildman–Crippen MR) is 99.6 cm³/mol. The van der Waals surface area contributed by atoms with Crippen molar-refractivity contribution in [3.63, 3.8) is 0 Å². The minimum atomic E-state index is -0.477. The number of hydrogen-bond donors (Lipinski definition) is 0. The second kappa shape index (κ2) is 7.14. The van der Waals surface area contributed by atoms with Crippen LogP contribution in [0.5, 0.6) is 0 Å². The number of furan rings is 1. The fraction of sp³-hybridized carbons (Fsp3) is 0.524. The summed E-state index contributed by atoms with van der Waals surface area (Å²) in [6.07, 6.45) is 1.92. The minimum absolute atomic E-state index is 0.0249. The summed E-state index contributed by atoms with van der Waals surface area (Å²) in [6.45, 7) is 8.76. The summed E-state index contributed by atoms with van der Waals surface area (Å²) in [6, 6.07) is 7.28. The topological polar surface area (TPSA) is 59.8 Å². The van der Waals surface area contributed by atoms with Gasteiger partial charge in [0.25, 0.3) is 0 Å². The summed E-state index contributed by atoms with van der Waals surface area (Å²) < 4.78 is 11.3. The highest BCUT2D eigenvalue weighted by Crippen LogP contribution is 2.27. The molecule has 0 saturated carbocycles. The molecule has 1 aromatic carbocycles. The van der Waals surface area contributed by atoms with Crippen LogP contribution in [-0.4, -0.2) is 29.4 Å². The fourth-order valence-corrected chi connectivity index (χ4v) is 3.46. The largest absolute Gasteiger partial charge is 0.457 e. The lowest BCUT2D eigenvalue weighted by atomic mass is 9.91. The van der Waals surface area contributed by atoms with Crippen molar-refractivity contribution >= 4 is 22.8 Å². The lowest BCUT2D eigenvalue weighted by molar-refractivity contribution is -0.155. The Morgan fingerprint density at radius 1 is 1.27 bits per heavy atom. The van der Waals surface area contributed by atoms with Crippen molar-refractivity contribution in [2.45, 2.75) is 59.6 Å². The van der Waals surface area contributed by atoms with Crippen LogP contribution in [0.15, 0.2) is 28.7 Å². The molecule has 1 aliphatic rings. The molecule has 1 unspecified atom stereocenters. The third kappa shape index (κ3) is 3.92. The molecular formula is C21H27NO4. The Morgan fingerprint density at radius 2 is 2.00 bits per heavy atom. The first-order valence-electron chi connectivity index (χ1n) is 9.19. The number of ether oxygens (including phenoxy) is 1. The Hall–Kier alpha value is -2.30. The van der Waals surface area contributed by atoms with Crippen LogP contribution < -0.4 is 0 Å². The molecule has 0 radical (unpaired) electrons. The molecule has 0 spiro atoms. The number of likely N-dealkylation sites (tertiary alicyclic amines) is 1. The molecule has 5 nitrogen and oxygen atoms in total. The zero-order valence-corrected chi connectivity index (χ0v) is 16.0. The Morgan fingerprint density at radius 3 is 2.69 bits per heavy atom. The van der Waals surface area contributed by atoms with Crippen molar-refractivity contribution in [1.82, 2.24) is 4.90 Å². The summed E-state index contributed by atoms with van der Waals surface area (Å²) in [7, 11) is 0. The van der Waals surface area contributed by atoms with E-state index in [0.717, 1.165) is 23.0 Å². The van der Waals surface area contributed by atoms with Crippen LogP contribution in [0.3, 0.4) is 0 Å². The normalized spacial score (nSPS) is 17.7. The van der Waals surface area contributed by atoms with Gasteiger partial charge in [0, 0.05) is 23.9 Å². The molecule has 2 heterocycles. The van der Waals surface area contributed by atoms with Gasteiger partial charge in [0.2, 0.25) is 5.91 Å². The Labute approximate surface area is 154 Å². The zero-order chi connectivity index (χ0) is 18.9. The van der Waals surface area contributed by atoms with E-state index in [-0.39, 0.29) is 23.9 Å². The van der Waals surface area contributed by atoms with Crippen LogP contribution in [0.25, 0.3) is 11.0 Å². The van der Waals surface area contributed by atoms with Crippen LogP contribution in [0.4, 0.5) is 0 Å². The van der Waals surface area contributed by atoms with Gasteiger partial charge in [0.05, 0.1) is 0 Å². The number of amides is 1. The maximum atomic E-state index is 12.6. The van der Waals surface area contributed by atoms with Gasteiger partial charge in [-0.3, -0.25) is 4.79 Å². The number of carbonyl (C=O) groups is 2. The first-order valence-corrected chi connectivity index (χ1v) is 9.19. The third-order valence-electron chi connectivity index (χ3n) is 4.81. The van der Waals surface area contributed by atoms with E-state index in [1.54, 1.807) is 4.90 Å². The quantitative estimate of drug-likeness (QED) is 0.769. The Bertz CT molecular complexity index is 815. The molecule has 26 heavy (non-hydrogen) atoms. The van der Waals surface area contributed by atoms with Gasteiger partial charge in [-0.2, -0.15) is 0 Å². The van der Waals surface area contributed by atoms with Gasteiger partial charge in [-0.1, -0.05) is 39.0 Å². The Kier molecular flexibility index (Phi) is 5.08. The average Bonchev–Trinajstić information content (AvgIpc) is 3.17. The van der Waals surface area contributed by atoms with Crippen molar-refractivity contribution in [1.29, 1.82) is 0 Å². The number of hydrogen-bond acceptors (Lipinski definition) is 4. The van der Waals surface area contributed by atoms with E-state index in [1.807, 2.05) is 52.0 Å². The van der Waals surface area contributed by atoms with Crippen molar-refractivity contribution in [3.05, 3.63) is 35.6 Å². The first kappa shape index (κ1) is 18.5. The van der Waals surface area contributed by atoms with Gasteiger partial charge in [0.1, 0.15) is 24.0 Å².